The molecular weight excluding hydrogens is 212 g/mol. The first kappa shape index (κ1) is 12.6. The van der Waals surface area contributed by atoms with E-state index in [2.05, 4.69) is 23.1 Å². The highest BCUT2D eigenvalue weighted by atomic mass is 16.3. The van der Waals surface area contributed by atoms with Crippen molar-refractivity contribution in [3.63, 3.8) is 0 Å². The van der Waals surface area contributed by atoms with Gasteiger partial charge in [0.25, 0.3) is 0 Å². The standard InChI is InChI=1S/C14H22N2O/c1-16(9-14(15)10-17)8-11-5-6-12-3-2-4-13(12)7-11/h5-7,14,17H,2-4,8-10,15H2,1H3. The highest BCUT2D eigenvalue weighted by Crippen LogP contribution is 2.23. The molecular formula is C14H22N2O. The number of fused-ring (bicyclic) bond motifs is 1. The smallest absolute Gasteiger partial charge is 0.0595 e. The molecule has 0 spiro atoms. The summed E-state index contributed by atoms with van der Waals surface area (Å²) in [6.07, 6.45) is 3.76. The molecule has 0 bridgehead atoms. The monoisotopic (exact) mass is 234 g/mol. The summed E-state index contributed by atoms with van der Waals surface area (Å²) >= 11 is 0. The molecule has 0 saturated carbocycles. The molecule has 1 aromatic rings. The first-order valence-electron chi connectivity index (χ1n) is 6.34. The molecule has 0 saturated heterocycles. The Morgan fingerprint density at radius 2 is 2.12 bits per heavy atom. The van der Waals surface area contributed by atoms with Crippen LogP contribution in [-0.2, 0) is 19.4 Å². The van der Waals surface area contributed by atoms with Gasteiger partial charge in [0.2, 0.25) is 0 Å². The highest BCUT2D eigenvalue weighted by molar-refractivity contribution is 5.35. The molecule has 2 rings (SSSR count). The Balaban J connectivity index is 1.94. The molecule has 0 amide bonds. The fraction of sp³-hybridized carbons (Fsp3) is 0.571. The summed E-state index contributed by atoms with van der Waals surface area (Å²) in [6.45, 7) is 1.68. The quantitative estimate of drug-likeness (QED) is 0.797. The van der Waals surface area contributed by atoms with Crippen LogP contribution in [0.4, 0.5) is 0 Å². The van der Waals surface area contributed by atoms with Gasteiger partial charge in [0, 0.05) is 19.1 Å². The number of nitrogens with two attached hydrogens (primary N) is 1. The summed E-state index contributed by atoms with van der Waals surface area (Å²) < 4.78 is 0. The Morgan fingerprint density at radius 1 is 1.35 bits per heavy atom. The summed E-state index contributed by atoms with van der Waals surface area (Å²) in [5.41, 5.74) is 10.1. The maximum absolute atomic E-state index is 8.92. The summed E-state index contributed by atoms with van der Waals surface area (Å²) in [6, 6.07) is 6.65. The van der Waals surface area contributed by atoms with E-state index >= 15 is 0 Å². The third-order valence-corrected chi connectivity index (χ3v) is 3.40. The van der Waals surface area contributed by atoms with Gasteiger partial charge in [-0.25, -0.2) is 0 Å². The van der Waals surface area contributed by atoms with Gasteiger partial charge in [-0.1, -0.05) is 18.2 Å². The molecule has 0 radical (unpaired) electrons. The van der Waals surface area contributed by atoms with Crippen LogP contribution in [0, 0.1) is 0 Å². The largest absolute Gasteiger partial charge is 0.395 e. The number of benzene rings is 1. The third-order valence-electron chi connectivity index (χ3n) is 3.40. The minimum atomic E-state index is -0.144. The lowest BCUT2D eigenvalue weighted by atomic mass is 10.1. The van der Waals surface area contributed by atoms with Crippen molar-refractivity contribution in [1.29, 1.82) is 0 Å². The van der Waals surface area contributed by atoms with E-state index in [1.54, 1.807) is 0 Å². The SMILES string of the molecule is CN(Cc1ccc2c(c1)CCC2)CC(N)CO. The number of rotatable bonds is 5. The maximum Gasteiger partial charge on any atom is 0.0595 e. The fourth-order valence-corrected chi connectivity index (χ4v) is 2.56. The molecule has 0 fully saturated rings. The minimum absolute atomic E-state index is 0.0501. The molecule has 17 heavy (non-hydrogen) atoms. The van der Waals surface area contributed by atoms with E-state index < -0.39 is 0 Å². The second kappa shape index (κ2) is 5.63. The van der Waals surface area contributed by atoms with Crippen molar-refractivity contribution >= 4 is 0 Å². The van der Waals surface area contributed by atoms with Crippen molar-refractivity contribution < 1.29 is 5.11 Å². The van der Waals surface area contributed by atoms with E-state index in [1.165, 1.54) is 36.0 Å². The van der Waals surface area contributed by atoms with Gasteiger partial charge in [-0.3, -0.25) is 0 Å². The highest BCUT2D eigenvalue weighted by Gasteiger charge is 2.12. The van der Waals surface area contributed by atoms with Crippen LogP contribution < -0.4 is 5.73 Å². The van der Waals surface area contributed by atoms with Crippen molar-refractivity contribution in [1.82, 2.24) is 4.90 Å². The second-order valence-corrected chi connectivity index (χ2v) is 5.10. The molecule has 3 heteroatoms. The van der Waals surface area contributed by atoms with Crippen LogP contribution in [0.5, 0.6) is 0 Å². The van der Waals surface area contributed by atoms with E-state index in [-0.39, 0.29) is 12.6 Å². The third kappa shape index (κ3) is 3.28. The molecule has 0 aliphatic heterocycles. The van der Waals surface area contributed by atoms with Crippen LogP contribution >= 0.6 is 0 Å². The zero-order valence-corrected chi connectivity index (χ0v) is 10.5. The maximum atomic E-state index is 8.92. The lowest BCUT2D eigenvalue weighted by Gasteiger charge is -2.20. The van der Waals surface area contributed by atoms with E-state index in [1.807, 2.05) is 7.05 Å². The summed E-state index contributed by atoms with van der Waals surface area (Å²) in [7, 11) is 2.04. The van der Waals surface area contributed by atoms with Gasteiger partial charge in [0.1, 0.15) is 0 Å². The van der Waals surface area contributed by atoms with E-state index in [0.29, 0.717) is 0 Å². The number of likely N-dealkylation sites (N-methyl/N-ethyl adjacent to an activating group) is 1. The minimum Gasteiger partial charge on any atom is -0.395 e. The molecule has 3 nitrogen and oxygen atoms in total. The molecule has 1 aliphatic rings. The lowest BCUT2D eigenvalue weighted by molar-refractivity contribution is 0.218. The van der Waals surface area contributed by atoms with E-state index in [4.69, 9.17) is 10.8 Å². The van der Waals surface area contributed by atoms with E-state index in [0.717, 1.165) is 13.1 Å². The fourth-order valence-electron chi connectivity index (χ4n) is 2.56. The van der Waals surface area contributed by atoms with Gasteiger partial charge in [-0.2, -0.15) is 0 Å². The molecule has 1 unspecified atom stereocenters. The van der Waals surface area contributed by atoms with Crippen molar-refractivity contribution in [2.75, 3.05) is 20.2 Å². The number of aliphatic hydroxyl groups excluding tert-OH is 1. The van der Waals surface area contributed by atoms with Gasteiger partial charge in [0.05, 0.1) is 6.61 Å². The predicted molar refractivity (Wildman–Crippen MR) is 69.9 cm³/mol. The zero-order valence-electron chi connectivity index (χ0n) is 10.5. The van der Waals surface area contributed by atoms with Gasteiger partial charge >= 0.3 is 0 Å². The van der Waals surface area contributed by atoms with Crippen LogP contribution in [0.25, 0.3) is 0 Å². The van der Waals surface area contributed by atoms with Crippen LogP contribution in [0.3, 0.4) is 0 Å². The average Bonchev–Trinajstić information content (AvgIpc) is 2.75. The Bertz CT molecular complexity index is 378. The molecule has 1 aromatic carbocycles. The molecule has 94 valence electrons. The number of hydrogen-bond acceptors (Lipinski definition) is 3. The number of nitrogens with zero attached hydrogens (tertiary/aromatic N) is 1. The Kier molecular flexibility index (Phi) is 4.15. The molecule has 0 aromatic heterocycles. The number of hydrogen-bond donors (Lipinski definition) is 2. The number of aliphatic hydroxyl groups is 1. The van der Waals surface area contributed by atoms with Crippen molar-refractivity contribution in [3.05, 3.63) is 34.9 Å². The van der Waals surface area contributed by atoms with Gasteiger partial charge in [0.15, 0.2) is 0 Å². The second-order valence-electron chi connectivity index (χ2n) is 5.10. The molecule has 1 atom stereocenters. The normalized spacial score (nSPS) is 16.2. The molecule has 3 N–H and O–H groups in total. The van der Waals surface area contributed by atoms with E-state index in [9.17, 15) is 0 Å². The van der Waals surface area contributed by atoms with Crippen LogP contribution in [0.1, 0.15) is 23.1 Å². The van der Waals surface area contributed by atoms with Crippen LogP contribution in [-0.4, -0.2) is 36.2 Å². The zero-order chi connectivity index (χ0) is 12.3. The Labute approximate surface area is 103 Å². The van der Waals surface area contributed by atoms with Crippen molar-refractivity contribution in [3.8, 4) is 0 Å². The first-order chi connectivity index (χ1) is 8.19. The Morgan fingerprint density at radius 3 is 2.88 bits per heavy atom. The molecule has 0 heterocycles. The Hall–Kier alpha value is -0.900. The van der Waals surface area contributed by atoms with Gasteiger partial charge < -0.3 is 15.7 Å². The number of aryl methyl sites for hydroxylation is 2. The lowest BCUT2D eigenvalue weighted by Crippen LogP contribution is -2.37. The van der Waals surface area contributed by atoms with Crippen LogP contribution in [0.2, 0.25) is 0 Å². The van der Waals surface area contributed by atoms with Crippen molar-refractivity contribution in [2.45, 2.75) is 31.8 Å². The average molecular weight is 234 g/mol. The van der Waals surface area contributed by atoms with Crippen LogP contribution in [0.15, 0.2) is 18.2 Å². The first-order valence-corrected chi connectivity index (χ1v) is 6.34. The predicted octanol–water partition coefficient (Wildman–Crippen LogP) is 0.927. The van der Waals surface area contributed by atoms with Crippen molar-refractivity contribution in [2.24, 2.45) is 5.73 Å². The topological polar surface area (TPSA) is 49.5 Å². The van der Waals surface area contributed by atoms with Gasteiger partial charge in [-0.15, -0.1) is 0 Å². The summed E-state index contributed by atoms with van der Waals surface area (Å²) in [5, 5.41) is 8.92. The molecule has 1 aliphatic carbocycles. The summed E-state index contributed by atoms with van der Waals surface area (Å²) in [4.78, 5) is 2.16. The van der Waals surface area contributed by atoms with Gasteiger partial charge in [-0.05, 0) is 43.0 Å². The summed E-state index contributed by atoms with van der Waals surface area (Å²) in [5.74, 6) is 0.